The lowest BCUT2D eigenvalue weighted by molar-refractivity contribution is -0.150. The van der Waals surface area contributed by atoms with Gasteiger partial charge in [0, 0.05) is 6.04 Å². The molecule has 0 saturated heterocycles. The molecule has 0 spiro atoms. The van der Waals surface area contributed by atoms with Gasteiger partial charge in [-0.3, -0.25) is 10.1 Å². The monoisotopic (exact) mass is 258 g/mol. The Hall–Kier alpha value is -1.63. The van der Waals surface area contributed by atoms with Crippen LogP contribution in [0.3, 0.4) is 0 Å². The van der Waals surface area contributed by atoms with Gasteiger partial charge in [-0.2, -0.15) is 0 Å². The van der Waals surface area contributed by atoms with Gasteiger partial charge in [0.1, 0.15) is 6.61 Å². The molecular weight excluding hydrogens is 240 g/mol. The molecule has 0 heterocycles. The molecule has 7 heteroatoms. The SMILES string of the molecule is C[C@@H](OCC(=O)NC(=O)NC1CCCC1)C(=O)O. The Morgan fingerprint density at radius 3 is 2.50 bits per heavy atom. The Morgan fingerprint density at radius 1 is 1.33 bits per heavy atom. The number of carboxylic acids is 1. The highest BCUT2D eigenvalue weighted by molar-refractivity contribution is 5.95. The number of nitrogens with one attached hydrogen (secondary N) is 2. The van der Waals surface area contributed by atoms with Crippen molar-refractivity contribution in [1.82, 2.24) is 10.6 Å². The van der Waals surface area contributed by atoms with Crippen molar-refractivity contribution >= 4 is 17.9 Å². The van der Waals surface area contributed by atoms with E-state index in [2.05, 4.69) is 10.6 Å². The van der Waals surface area contributed by atoms with Crippen LogP contribution in [0.15, 0.2) is 0 Å². The molecule has 102 valence electrons. The van der Waals surface area contributed by atoms with E-state index in [0.29, 0.717) is 0 Å². The molecule has 0 radical (unpaired) electrons. The number of hydrogen-bond donors (Lipinski definition) is 3. The second-order valence-corrected chi connectivity index (χ2v) is 4.29. The van der Waals surface area contributed by atoms with Crippen LogP contribution in [0, 0.1) is 0 Å². The molecule has 0 bridgehead atoms. The topological polar surface area (TPSA) is 105 Å². The molecule has 0 aromatic carbocycles. The van der Waals surface area contributed by atoms with Gasteiger partial charge in [-0.15, -0.1) is 0 Å². The van der Waals surface area contributed by atoms with Crippen LogP contribution < -0.4 is 10.6 Å². The molecule has 1 aliphatic carbocycles. The molecular formula is C11H18N2O5. The fraction of sp³-hybridized carbons (Fsp3) is 0.727. The molecule has 3 N–H and O–H groups in total. The fourth-order valence-electron chi connectivity index (χ4n) is 1.73. The third-order valence-corrected chi connectivity index (χ3v) is 2.76. The molecule has 0 unspecified atom stereocenters. The van der Waals surface area contributed by atoms with E-state index >= 15 is 0 Å². The first-order valence-electron chi connectivity index (χ1n) is 5.94. The van der Waals surface area contributed by atoms with Crippen molar-refractivity contribution in [2.45, 2.75) is 44.8 Å². The van der Waals surface area contributed by atoms with Crippen LogP contribution in [0.5, 0.6) is 0 Å². The molecule has 7 nitrogen and oxygen atoms in total. The van der Waals surface area contributed by atoms with Crippen LogP contribution >= 0.6 is 0 Å². The highest BCUT2D eigenvalue weighted by atomic mass is 16.5. The first kappa shape index (κ1) is 14.4. The largest absolute Gasteiger partial charge is 0.479 e. The fourth-order valence-corrected chi connectivity index (χ4v) is 1.73. The van der Waals surface area contributed by atoms with Crippen LogP contribution in [0.4, 0.5) is 4.79 Å². The number of carbonyl (C=O) groups excluding carboxylic acids is 2. The van der Waals surface area contributed by atoms with E-state index in [-0.39, 0.29) is 6.04 Å². The van der Waals surface area contributed by atoms with Crippen molar-refractivity contribution in [3.05, 3.63) is 0 Å². The van der Waals surface area contributed by atoms with Crippen molar-refractivity contribution in [1.29, 1.82) is 0 Å². The van der Waals surface area contributed by atoms with Crippen molar-refractivity contribution in [2.75, 3.05) is 6.61 Å². The van der Waals surface area contributed by atoms with Crippen molar-refractivity contribution in [3.8, 4) is 0 Å². The Bertz CT molecular complexity index is 325. The van der Waals surface area contributed by atoms with Crippen LogP contribution in [0.2, 0.25) is 0 Å². The molecule has 18 heavy (non-hydrogen) atoms. The average molecular weight is 258 g/mol. The molecule has 1 aliphatic rings. The quantitative estimate of drug-likeness (QED) is 0.655. The number of hydrogen-bond acceptors (Lipinski definition) is 4. The van der Waals surface area contributed by atoms with Crippen molar-refractivity contribution in [3.63, 3.8) is 0 Å². The molecule has 0 aromatic rings. The molecule has 0 aromatic heterocycles. The van der Waals surface area contributed by atoms with Crippen LogP contribution in [-0.2, 0) is 14.3 Å². The van der Waals surface area contributed by atoms with Crippen molar-refractivity contribution < 1.29 is 24.2 Å². The smallest absolute Gasteiger partial charge is 0.332 e. The van der Waals surface area contributed by atoms with Gasteiger partial charge in [0.2, 0.25) is 0 Å². The predicted molar refractivity (Wildman–Crippen MR) is 62.0 cm³/mol. The van der Waals surface area contributed by atoms with Gasteiger partial charge in [-0.25, -0.2) is 9.59 Å². The first-order valence-corrected chi connectivity index (χ1v) is 5.94. The summed E-state index contributed by atoms with van der Waals surface area (Å²) >= 11 is 0. The second-order valence-electron chi connectivity index (χ2n) is 4.29. The molecule has 0 aliphatic heterocycles. The lowest BCUT2D eigenvalue weighted by Gasteiger charge is -2.12. The summed E-state index contributed by atoms with van der Waals surface area (Å²) in [6.07, 6.45) is 2.94. The van der Waals surface area contributed by atoms with Gasteiger partial charge in [-0.05, 0) is 19.8 Å². The minimum Gasteiger partial charge on any atom is -0.479 e. The summed E-state index contributed by atoms with van der Waals surface area (Å²) in [5.41, 5.74) is 0. The van der Waals surface area contributed by atoms with E-state index < -0.39 is 30.6 Å². The number of ether oxygens (including phenoxy) is 1. The van der Waals surface area contributed by atoms with E-state index in [0.717, 1.165) is 25.7 Å². The number of rotatable bonds is 5. The zero-order chi connectivity index (χ0) is 13.5. The summed E-state index contributed by atoms with van der Waals surface area (Å²) in [6, 6.07) is -0.435. The van der Waals surface area contributed by atoms with E-state index in [4.69, 9.17) is 9.84 Å². The summed E-state index contributed by atoms with van der Waals surface area (Å²) < 4.78 is 4.74. The zero-order valence-corrected chi connectivity index (χ0v) is 10.3. The third-order valence-electron chi connectivity index (χ3n) is 2.76. The summed E-state index contributed by atoms with van der Waals surface area (Å²) in [4.78, 5) is 33.1. The van der Waals surface area contributed by atoms with E-state index in [1.807, 2.05) is 0 Å². The molecule has 1 fully saturated rings. The third kappa shape index (κ3) is 5.13. The maximum atomic E-state index is 11.4. The van der Waals surface area contributed by atoms with Gasteiger partial charge in [0.15, 0.2) is 6.10 Å². The van der Waals surface area contributed by atoms with E-state index in [1.54, 1.807) is 0 Å². The van der Waals surface area contributed by atoms with Crippen LogP contribution in [0.25, 0.3) is 0 Å². The Kier molecular flexibility index (Phi) is 5.57. The van der Waals surface area contributed by atoms with Gasteiger partial charge in [0.25, 0.3) is 5.91 Å². The number of urea groups is 1. The molecule has 1 saturated carbocycles. The predicted octanol–water partition coefficient (Wildman–Crippen LogP) is 0.245. The summed E-state index contributed by atoms with van der Waals surface area (Å²) in [7, 11) is 0. The standard InChI is InChI=1S/C11H18N2O5/c1-7(10(15)16)18-6-9(14)13-11(17)12-8-4-2-3-5-8/h7-8H,2-6H2,1H3,(H,15,16)(H2,12,13,14,17)/t7-/m1/s1. The second kappa shape index (κ2) is 6.95. The number of carboxylic acid groups (broad SMARTS) is 1. The summed E-state index contributed by atoms with van der Waals surface area (Å²) in [5, 5.41) is 13.3. The maximum Gasteiger partial charge on any atom is 0.332 e. The lowest BCUT2D eigenvalue weighted by atomic mass is 10.2. The number of imide groups is 1. The van der Waals surface area contributed by atoms with Gasteiger partial charge in [-0.1, -0.05) is 12.8 Å². The van der Waals surface area contributed by atoms with E-state index in [9.17, 15) is 14.4 Å². The van der Waals surface area contributed by atoms with Gasteiger partial charge in [0.05, 0.1) is 0 Å². The lowest BCUT2D eigenvalue weighted by Crippen LogP contribution is -2.45. The maximum absolute atomic E-state index is 11.4. The highest BCUT2D eigenvalue weighted by Gasteiger charge is 2.19. The first-order chi connectivity index (χ1) is 8.49. The number of aliphatic carboxylic acids is 1. The van der Waals surface area contributed by atoms with E-state index in [1.165, 1.54) is 6.92 Å². The van der Waals surface area contributed by atoms with Gasteiger partial charge < -0.3 is 15.2 Å². The summed E-state index contributed by atoms with van der Waals surface area (Å²) in [6.45, 7) is 0.861. The Morgan fingerprint density at radius 2 is 1.94 bits per heavy atom. The Balaban J connectivity index is 2.18. The number of carbonyl (C=O) groups is 3. The highest BCUT2D eigenvalue weighted by Crippen LogP contribution is 2.17. The van der Waals surface area contributed by atoms with Crippen LogP contribution in [-0.4, -0.2) is 41.8 Å². The molecule has 1 atom stereocenters. The van der Waals surface area contributed by atoms with Crippen molar-refractivity contribution in [2.24, 2.45) is 0 Å². The minimum atomic E-state index is -1.15. The number of amides is 3. The molecule has 1 rings (SSSR count). The minimum absolute atomic E-state index is 0.122. The van der Waals surface area contributed by atoms with Crippen LogP contribution in [0.1, 0.15) is 32.6 Å². The summed E-state index contributed by atoms with van der Waals surface area (Å²) in [5.74, 6) is -1.81. The average Bonchev–Trinajstić information content (AvgIpc) is 2.78. The molecule has 3 amide bonds. The Labute approximate surface area is 105 Å². The normalized spacial score (nSPS) is 17.2. The van der Waals surface area contributed by atoms with Gasteiger partial charge >= 0.3 is 12.0 Å². The zero-order valence-electron chi connectivity index (χ0n) is 10.3.